The molecule has 0 aromatic rings. The lowest BCUT2D eigenvalue weighted by molar-refractivity contribution is 0.101. The number of likely N-dealkylation sites (tertiary alicyclic amines) is 2. The van der Waals surface area contributed by atoms with E-state index in [2.05, 4.69) is 23.6 Å². The molecule has 2 amide bonds. The van der Waals surface area contributed by atoms with E-state index < -0.39 is 0 Å². The van der Waals surface area contributed by atoms with Gasteiger partial charge >= 0.3 is 6.03 Å². The second kappa shape index (κ2) is 5.74. The van der Waals surface area contributed by atoms with Crippen molar-refractivity contribution < 1.29 is 4.79 Å². The summed E-state index contributed by atoms with van der Waals surface area (Å²) in [6.45, 7) is 7.40. The Morgan fingerprint density at radius 2 is 1.82 bits per heavy atom. The maximum absolute atomic E-state index is 12.5. The Bertz CT molecular complexity index is 259. The van der Waals surface area contributed by atoms with Crippen molar-refractivity contribution in [2.24, 2.45) is 5.92 Å². The Hall–Kier alpha value is -0.730. The van der Waals surface area contributed by atoms with Gasteiger partial charge in [0.15, 0.2) is 0 Å². The van der Waals surface area contributed by atoms with Crippen LogP contribution in [0.1, 0.15) is 52.4 Å². The molecule has 1 unspecified atom stereocenters. The molecular weight excluding hydrogens is 212 g/mol. The maximum Gasteiger partial charge on any atom is 0.320 e. The summed E-state index contributed by atoms with van der Waals surface area (Å²) in [5.41, 5.74) is 0. The van der Waals surface area contributed by atoms with Gasteiger partial charge in [0.25, 0.3) is 0 Å². The molecule has 0 N–H and O–H groups in total. The van der Waals surface area contributed by atoms with Gasteiger partial charge in [-0.3, -0.25) is 0 Å². The van der Waals surface area contributed by atoms with Gasteiger partial charge in [0.2, 0.25) is 0 Å². The Balaban J connectivity index is 1.93. The molecule has 0 aliphatic carbocycles. The summed E-state index contributed by atoms with van der Waals surface area (Å²) in [6, 6.07) is 0.805. The van der Waals surface area contributed by atoms with Gasteiger partial charge in [-0.2, -0.15) is 0 Å². The number of carbonyl (C=O) groups excluding carboxylic acids is 1. The van der Waals surface area contributed by atoms with Crippen molar-refractivity contribution in [1.82, 2.24) is 9.80 Å². The van der Waals surface area contributed by atoms with Gasteiger partial charge in [0, 0.05) is 25.7 Å². The molecule has 3 heteroatoms. The molecule has 98 valence electrons. The quantitative estimate of drug-likeness (QED) is 0.688. The van der Waals surface area contributed by atoms with Crippen LogP contribution in [-0.4, -0.2) is 41.5 Å². The van der Waals surface area contributed by atoms with Gasteiger partial charge in [-0.05, 0) is 44.4 Å². The molecular formula is C14H26N2O. The first kappa shape index (κ1) is 12.7. The summed E-state index contributed by atoms with van der Waals surface area (Å²) < 4.78 is 0. The molecule has 0 aromatic heterocycles. The van der Waals surface area contributed by atoms with Crippen molar-refractivity contribution in [3.63, 3.8) is 0 Å². The number of rotatable bonds is 1. The van der Waals surface area contributed by atoms with Crippen LogP contribution in [0.4, 0.5) is 4.79 Å². The van der Waals surface area contributed by atoms with Crippen molar-refractivity contribution >= 4 is 6.03 Å². The van der Waals surface area contributed by atoms with Crippen LogP contribution < -0.4 is 0 Å². The molecule has 2 saturated heterocycles. The highest BCUT2D eigenvalue weighted by molar-refractivity contribution is 5.75. The number of carbonyl (C=O) groups is 1. The fourth-order valence-corrected chi connectivity index (χ4v) is 3.06. The summed E-state index contributed by atoms with van der Waals surface area (Å²) in [7, 11) is 0. The lowest BCUT2D eigenvalue weighted by atomic mass is 9.98. The second-order valence-corrected chi connectivity index (χ2v) is 5.70. The first-order chi connectivity index (χ1) is 8.22. The van der Waals surface area contributed by atoms with Crippen LogP contribution in [-0.2, 0) is 0 Å². The van der Waals surface area contributed by atoms with Crippen molar-refractivity contribution in [3.8, 4) is 0 Å². The number of nitrogens with zero attached hydrogens (tertiary/aromatic N) is 2. The number of urea groups is 1. The molecule has 17 heavy (non-hydrogen) atoms. The number of amides is 2. The van der Waals surface area contributed by atoms with Crippen LogP contribution in [0.25, 0.3) is 0 Å². The van der Waals surface area contributed by atoms with Crippen LogP contribution in [0, 0.1) is 5.92 Å². The zero-order valence-electron chi connectivity index (χ0n) is 11.3. The summed E-state index contributed by atoms with van der Waals surface area (Å²) in [5.74, 6) is 0.794. The highest BCUT2D eigenvalue weighted by atomic mass is 16.2. The fraction of sp³-hybridized carbons (Fsp3) is 0.929. The van der Waals surface area contributed by atoms with E-state index in [1.165, 1.54) is 32.1 Å². The molecule has 0 aromatic carbocycles. The molecule has 1 atom stereocenters. The summed E-state index contributed by atoms with van der Waals surface area (Å²) in [5, 5.41) is 0. The standard InChI is InChI=1S/C14H26N2O/c1-3-13-6-4-5-9-16(13)14(17)15-10-7-12(2)8-11-15/h12-13H,3-11H2,1-2H3. The summed E-state index contributed by atoms with van der Waals surface area (Å²) >= 11 is 0. The molecule has 0 spiro atoms. The molecule has 2 aliphatic heterocycles. The van der Waals surface area contributed by atoms with E-state index in [0.717, 1.165) is 32.0 Å². The lowest BCUT2D eigenvalue weighted by Crippen LogP contribution is -2.51. The van der Waals surface area contributed by atoms with Crippen molar-refractivity contribution in [2.45, 2.75) is 58.4 Å². The smallest absolute Gasteiger partial charge is 0.320 e. The third-order valence-electron chi connectivity index (χ3n) is 4.40. The first-order valence-corrected chi connectivity index (χ1v) is 7.28. The summed E-state index contributed by atoms with van der Waals surface area (Å²) in [6.07, 6.45) is 7.14. The zero-order chi connectivity index (χ0) is 12.3. The molecule has 0 saturated carbocycles. The Morgan fingerprint density at radius 3 is 2.47 bits per heavy atom. The normalized spacial score (nSPS) is 27.3. The molecule has 2 aliphatic rings. The van der Waals surface area contributed by atoms with E-state index in [1.54, 1.807) is 0 Å². The molecule has 2 heterocycles. The van der Waals surface area contributed by atoms with E-state index >= 15 is 0 Å². The van der Waals surface area contributed by atoms with Gasteiger partial charge < -0.3 is 9.80 Å². The van der Waals surface area contributed by atoms with E-state index in [-0.39, 0.29) is 0 Å². The SMILES string of the molecule is CCC1CCCCN1C(=O)N1CCC(C)CC1. The molecule has 0 bridgehead atoms. The second-order valence-electron chi connectivity index (χ2n) is 5.70. The van der Waals surface area contributed by atoms with E-state index in [9.17, 15) is 4.79 Å². The monoisotopic (exact) mass is 238 g/mol. The van der Waals surface area contributed by atoms with E-state index in [0.29, 0.717) is 12.1 Å². The first-order valence-electron chi connectivity index (χ1n) is 7.28. The van der Waals surface area contributed by atoms with Crippen LogP contribution in [0.15, 0.2) is 0 Å². The molecule has 2 rings (SSSR count). The minimum absolute atomic E-state index is 0.309. The Labute approximate surface area is 105 Å². The lowest BCUT2D eigenvalue weighted by Gasteiger charge is -2.40. The predicted octanol–water partition coefficient (Wildman–Crippen LogP) is 3.10. The molecule has 0 radical (unpaired) electrons. The van der Waals surface area contributed by atoms with E-state index in [1.807, 2.05) is 0 Å². The molecule has 2 fully saturated rings. The fourth-order valence-electron chi connectivity index (χ4n) is 3.06. The number of hydrogen-bond acceptors (Lipinski definition) is 1. The van der Waals surface area contributed by atoms with Gasteiger partial charge in [-0.15, -0.1) is 0 Å². The van der Waals surface area contributed by atoms with Gasteiger partial charge in [-0.25, -0.2) is 4.79 Å². The van der Waals surface area contributed by atoms with Crippen molar-refractivity contribution in [1.29, 1.82) is 0 Å². The topological polar surface area (TPSA) is 23.6 Å². The minimum atomic E-state index is 0.309. The third-order valence-corrected chi connectivity index (χ3v) is 4.40. The van der Waals surface area contributed by atoms with E-state index in [4.69, 9.17) is 0 Å². The number of hydrogen-bond donors (Lipinski definition) is 0. The summed E-state index contributed by atoms with van der Waals surface area (Å²) in [4.78, 5) is 16.7. The maximum atomic E-state index is 12.5. The predicted molar refractivity (Wildman–Crippen MR) is 70.0 cm³/mol. The highest BCUT2D eigenvalue weighted by Gasteiger charge is 2.30. The average molecular weight is 238 g/mol. The zero-order valence-corrected chi connectivity index (χ0v) is 11.3. The van der Waals surface area contributed by atoms with Gasteiger partial charge in [-0.1, -0.05) is 13.8 Å². The minimum Gasteiger partial charge on any atom is -0.325 e. The van der Waals surface area contributed by atoms with Crippen LogP contribution in [0.5, 0.6) is 0 Å². The van der Waals surface area contributed by atoms with Gasteiger partial charge in [0.1, 0.15) is 0 Å². The van der Waals surface area contributed by atoms with Crippen LogP contribution >= 0.6 is 0 Å². The number of piperidine rings is 2. The van der Waals surface area contributed by atoms with Crippen molar-refractivity contribution in [2.75, 3.05) is 19.6 Å². The highest BCUT2D eigenvalue weighted by Crippen LogP contribution is 2.23. The Morgan fingerprint density at radius 1 is 1.12 bits per heavy atom. The van der Waals surface area contributed by atoms with Crippen LogP contribution in [0.2, 0.25) is 0 Å². The Kier molecular flexibility index (Phi) is 4.30. The largest absolute Gasteiger partial charge is 0.325 e. The average Bonchev–Trinajstić information content (AvgIpc) is 2.39. The molecule has 3 nitrogen and oxygen atoms in total. The third kappa shape index (κ3) is 2.93. The van der Waals surface area contributed by atoms with Gasteiger partial charge in [0.05, 0.1) is 0 Å². The van der Waals surface area contributed by atoms with Crippen molar-refractivity contribution in [3.05, 3.63) is 0 Å². The van der Waals surface area contributed by atoms with Crippen LogP contribution in [0.3, 0.4) is 0 Å².